The summed E-state index contributed by atoms with van der Waals surface area (Å²) < 4.78 is 0. The van der Waals surface area contributed by atoms with Gasteiger partial charge in [-0.05, 0) is 110 Å². The van der Waals surface area contributed by atoms with Crippen molar-refractivity contribution < 1.29 is 48.3 Å². The molecule has 7 atom stereocenters. The molecule has 0 saturated carbocycles. The zero-order chi connectivity index (χ0) is 62.5. The van der Waals surface area contributed by atoms with Crippen LogP contribution in [-0.2, 0) is 62.4 Å². The molecule has 0 aromatic heterocycles. The number of nitrogens with two attached hydrogens (primary N) is 3. The summed E-state index contributed by atoms with van der Waals surface area (Å²) in [4.78, 5) is 133. The minimum atomic E-state index is -1.49. The van der Waals surface area contributed by atoms with Crippen LogP contribution in [0.5, 0.6) is 5.75 Å². The van der Waals surface area contributed by atoms with Crippen LogP contribution >= 0.6 is 0 Å². The molecule has 9 amide bonds. The number of phenolic OH excluding ortho intramolecular Hbond substituents is 1. The maximum atomic E-state index is 14.9. The van der Waals surface area contributed by atoms with Crippen molar-refractivity contribution in [3.8, 4) is 5.75 Å². The lowest BCUT2D eigenvalue weighted by molar-refractivity contribution is -0.135. The molecule has 5 rings (SSSR count). The summed E-state index contributed by atoms with van der Waals surface area (Å²) in [7, 11) is 0. The van der Waals surface area contributed by atoms with Crippen LogP contribution in [0.25, 0.3) is 10.8 Å². The van der Waals surface area contributed by atoms with Crippen LogP contribution in [0.15, 0.2) is 102 Å². The number of aromatic hydroxyl groups is 1. The maximum Gasteiger partial charge on any atom is 0.243 e. The Labute approximate surface area is 502 Å². The molecule has 86 heavy (non-hydrogen) atoms. The van der Waals surface area contributed by atoms with E-state index in [0.717, 1.165) is 10.8 Å². The number of aliphatic imine (C=N–C) groups is 1. The summed E-state index contributed by atoms with van der Waals surface area (Å²) in [6.45, 7) is 8.55. The first-order valence-corrected chi connectivity index (χ1v) is 29.6. The van der Waals surface area contributed by atoms with Crippen molar-refractivity contribution in [2.75, 3.05) is 26.2 Å². The smallest absolute Gasteiger partial charge is 0.243 e. The number of phenols is 1. The first-order valence-electron chi connectivity index (χ1n) is 29.6. The largest absolute Gasteiger partial charge is 0.508 e. The monoisotopic (exact) mass is 1190 g/mol. The number of nitrogens with zero attached hydrogens (tertiary/aromatic N) is 1. The van der Waals surface area contributed by atoms with Gasteiger partial charge in [0.1, 0.15) is 48.0 Å². The number of amides is 9. The highest BCUT2D eigenvalue weighted by atomic mass is 16.3. The number of carbonyl (C=O) groups is 9. The van der Waals surface area contributed by atoms with Crippen molar-refractivity contribution in [3.63, 3.8) is 0 Å². The molecule has 17 N–H and O–H groups in total. The number of carbonyl (C=O) groups excluding carboxylic acids is 9. The Bertz CT molecular complexity index is 2920. The molecule has 1 heterocycles. The molecule has 0 radical (unpaired) electrons. The number of unbranched alkanes of at least 4 members (excludes halogenated alkanes) is 2. The van der Waals surface area contributed by atoms with E-state index in [0.29, 0.717) is 55.5 Å². The molecule has 2 unspecified atom stereocenters. The van der Waals surface area contributed by atoms with Gasteiger partial charge in [0.25, 0.3) is 0 Å². The predicted molar refractivity (Wildman–Crippen MR) is 328 cm³/mol. The predicted octanol–water partition coefficient (Wildman–Crippen LogP) is 0.752. The third-order valence-electron chi connectivity index (χ3n) is 14.4. The molecule has 466 valence electrons. The number of guanidine groups is 1. The minimum absolute atomic E-state index is 0.0514. The molecule has 0 spiro atoms. The Morgan fingerprint density at radius 1 is 0.558 bits per heavy atom. The average Bonchev–Trinajstić information content (AvgIpc) is 3.67. The van der Waals surface area contributed by atoms with Crippen LogP contribution in [0.2, 0.25) is 0 Å². The molecule has 1 aliphatic heterocycles. The summed E-state index contributed by atoms with van der Waals surface area (Å²) in [5.74, 6) is -7.48. The number of fused-ring (bicyclic) bond motifs is 1. The van der Waals surface area contributed by atoms with Crippen LogP contribution in [0, 0.1) is 0 Å². The SMILES string of the molecule is CC(C)NCCCC[C@H](NC(=O)[C@H]1CCC(=O)N[C@@H](Cc2ccccc2)C(=O)NC(Cc2ccc(O)cc2)C(=O)N[C@@H](CCCCNC(C)C)C(=O)NC(CCCN=C(N)N)C(=O)N[C@@H](Cc2ccc3ccccc3c2)C(=O)NCC(=O)N1)C(N)=O. The summed E-state index contributed by atoms with van der Waals surface area (Å²) in [6, 6.07) is 18.8. The topological polar surface area (TPSA) is 385 Å². The second-order valence-electron chi connectivity index (χ2n) is 22.3. The summed E-state index contributed by atoms with van der Waals surface area (Å²) in [5.41, 5.74) is 18.8. The van der Waals surface area contributed by atoms with E-state index in [1.54, 1.807) is 48.5 Å². The van der Waals surface area contributed by atoms with Gasteiger partial charge < -0.3 is 75.5 Å². The number of nitrogens with one attached hydrogen (secondary N) is 10. The summed E-state index contributed by atoms with van der Waals surface area (Å²) in [6.07, 6.45) is 1.41. The van der Waals surface area contributed by atoms with Gasteiger partial charge in [0.05, 0.1) is 6.54 Å². The molecule has 0 bridgehead atoms. The van der Waals surface area contributed by atoms with Crippen molar-refractivity contribution >= 4 is 69.9 Å². The number of primary amides is 1. The highest BCUT2D eigenvalue weighted by Gasteiger charge is 2.34. The van der Waals surface area contributed by atoms with Crippen LogP contribution in [0.3, 0.4) is 0 Å². The Morgan fingerprint density at radius 3 is 1.67 bits per heavy atom. The van der Waals surface area contributed by atoms with Gasteiger partial charge in [-0.2, -0.15) is 0 Å². The van der Waals surface area contributed by atoms with E-state index in [2.05, 4.69) is 58.2 Å². The lowest BCUT2D eigenvalue weighted by Crippen LogP contribution is -2.60. The minimum Gasteiger partial charge on any atom is -0.508 e. The van der Waals surface area contributed by atoms with Crippen LogP contribution < -0.4 is 70.4 Å². The van der Waals surface area contributed by atoms with E-state index in [9.17, 15) is 48.3 Å². The van der Waals surface area contributed by atoms with Gasteiger partial charge in [0.15, 0.2) is 5.96 Å². The zero-order valence-corrected chi connectivity index (χ0v) is 49.8. The number of benzene rings is 4. The fraction of sp³-hybridized carbons (Fsp3) is 0.484. The molecule has 4 aromatic rings. The molecular formula is C62H88N14O10. The van der Waals surface area contributed by atoms with Crippen LogP contribution in [0.4, 0.5) is 0 Å². The van der Waals surface area contributed by atoms with Gasteiger partial charge in [0.2, 0.25) is 53.2 Å². The van der Waals surface area contributed by atoms with E-state index < -0.39 is 108 Å². The lowest BCUT2D eigenvalue weighted by atomic mass is 10.00. The molecule has 4 aromatic carbocycles. The zero-order valence-electron chi connectivity index (χ0n) is 49.8. The highest BCUT2D eigenvalue weighted by Crippen LogP contribution is 2.18. The second-order valence-corrected chi connectivity index (χ2v) is 22.3. The van der Waals surface area contributed by atoms with Crippen LogP contribution in [0.1, 0.15) is 109 Å². The quantitative estimate of drug-likeness (QED) is 0.0248. The molecule has 1 fully saturated rings. The first-order chi connectivity index (χ1) is 41.1. The van der Waals surface area contributed by atoms with Gasteiger partial charge in [-0.15, -0.1) is 0 Å². The average molecular weight is 1190 g/mol. The lowest BCUT2D eigenvalue weighted by Gasteiger charge is -2.27. The van der Waals surface area contributed by atoms with E-state index in [1.165, 1.54) is 12.1 Å². The van der Waals surface area contributed by atoms with Crippen molar-refractivity contribution in [1.29, 1.82) is 0 Å². The standard InChI is InChI=1S/C62H88N14O10/c1-38(2)66-30-12-10-19-46(55(63)80)72-59(84)49-28-29-53(78)71-51(34-40-15-6-5-7-16-40)60(85)76-52(35-41-23-26-45(77)27-24-41)61(86)74-47(20-11-13-31-67-39(3)4)57(82)73-48(21-14-32-68-62(64)65)58(83)75-50(56(81)69-37-54(79)70-49)36-42-22-25-43-17-8-9-18-44(43)33-42/h5-9,15-18,22-27,33,38-39,46-52,66-67,77H,10-14,19-21,28-32,34-37H2,1-4H3,(H2,63,80)(H,69,81)(H,70,79)(H,71,78)(H,72,84)(H,73,82)(H,74,86)(H,75,83)(H,76,85)(H4,64,65,68)/t46-,47-,48?,49+,50-,51-,52?/m0/s1. The normalized spacial score (nSPS) is 20.1. The van der Waals surface area contributed by atoms with E-state index in [-0.39, 0.29) is 81.7 Å². The van der Waals surface area contributed by atoms with Crippen LogP contribution in [-0.4, -0.2) is 145 Å². The number of rotatable bonds is 25. The van der Waals surface area contributed by atoms with Gasteiger partial charge in [-0.3, -0.25) is 48.1 Å². The molecule has 1 aliphatic rings. The Morgan fingerprint density at radius 2 is 1.07 bits per heavy atom. The Kier molecular flexibility index (Phi) is 28.2. The van der Waals surface area contributed by atoms with Crippen molar-refractivity contribution in [2.45, 2.75) is 166 Å². The van der Waals surface area contributed by atoms with Crippen molar-refractivity contribution in [3.05, 3.63) is 114 Å². The summed E-state index contributed by atoms with van der Waals surface area (Å²) in [5, 5.41) is 40.4. The third-order valence-corrected chi connectivity index (χ3v) is 14.4. The third kappa shape index (κ3) is 24.5. The molecular weight excluding hydrogens is 1100 g/mol. The number of hydrogen-bond acceptors (Lipinski definition) is 13. The maximum absolute atomic E-state index is 14.9. The van der Waals surface area contributed by atoms with E-state index in [1.807, 2.05) is 64.1 Å². The fourth-order valence-electron chi connectivity index (χ4n) is 9.71. The van der Waals surface area contributed by atoms with E-state index in [4.69, 9.17) is 17.2 Å². The van der Waals surface area contributed by atoms with Gasteiger partial charge in [-0.25, -0.2) is 0 Å². The molecule has 1 saturated heterocycles. The van der Waals surface area contributed by atoms with Gasteiger partial charge in [0, 0.05) is 44.3 Å². The Hall–Kier alpha value is -8.64. The highest BCUT2D eigenvalue weighted by molar-refractivity contribution is 5.98. The second kappa shape index (κ2) is 35.6. The first kappa shape index (κ1) is 68.1. The van der Waals surface area contributed by atoms with Crippen molar-refractivity contribution in [1.82, 2.24) is 53.2 Å². The number of hydrogen-bond donors (Lipinski definition) is 14. The molecule has 24 heteroatoms. The van der Waals surface area contributed by atoms with Gasteiger partial charge >= 0.3 is 0 Å². The Balaban J connectivity index is 1.58. The van der Waals surface area contributed by atoms with E-state index >= 15 is 0 Å². The molecule has 0 aliphatic carbocycles. The fourth-order valence-corrected chi connectivity index (χ4v) is 9.71. The van der Waals surface area contributed by atoms with Crippen molar-refractivity contribution in [2.24, 2.45) is 22.2 Å². The van der Waals surface area contributed by atoms with Gasteiger partial charge in [-0.1, -0.05) is 113 Å². The molecule has 24 nitrogen and oxygen atoms in total. The summed E-state index contributed by atoms with van der Waals surface area (Å²) >= 11 is 0.